The van der Waals surface area contributed by atoms with Crippen molar-refractivity contribution in [3.63, 3.8) is 0 Å². The monoisotopic (exact) mass is 241 g/mol. The van der Waals surface area contributed by atoms with E-state index in [0.29, 0.717) is 11.7 Å². The molecule has 2 atom stereocenters. The fourth-order valence-corrected chi connectivity index (χ4v) is 2.65. The van der Waals surface area contributed by atoms with E-state index < -0.39 is 0 Å². The first kappa shape index (κ1) is 16.6. The molecule has 17 heavy (non-hydrogen) atoms. The van der Waals surface area contributed by atoms with Crippen LogP contribution < -0.4 is 0 Å². The lowest BCUT2D eigenvalue weighted by molar-refractivity contribution is -0.131. The van der Waals surface area contributed by atoms with Gasteiger partial charge in [-0.05, 0) is 32.4 Å². The van der Waals surface area contributed by atoms with E-state index >= 15 is 0 Å². The van der Waals surface area contributed by atoms with Gasteiger partial charge in [0, 0.05) is 6.42 Å². The molecule has 0 aromatic rings. The molecular weight excluding hydrogens is 210 g/mol. The summed E-state index contributed by atoms with van der Waals surface area (Å²) in [5.74, 6) is 0.943. The Balaban J connectivity index is 4.67. The van der Waals surface area contributed by atoms with Crippen molar-refractivity contribution in [3.8, 4) is 0 Å². The van der Waals surface area contributed by atoms with Crippen molar-refractivity contribution < 1.29 is 4.79 Å². The van der Waals surface area contributed by atoms with E-state index in [1.165, 1.54) is 6.42 Å². The first-order chi connectivity index (χ1) is 7.96. The van der Waals surface area contributed by atoms with E-state index in [1.807, 2.05) is 0 Å². The summed E-state index contributed by atoms with van der Waals surface area (Å²) in [6, 6.07) is 0. The maximum absolute atomic E-state index is 12.5. The van der Waals surface area contributed by atoms with Gasteiger partial charge in [-0.25, -0.2) is 0 Å². The van der Waals surface area contributed by atoms with Crippen LogP contribution in [-0.4, -0.2) is 29.3 Å². The standard InChI is InChI=1S/C15H31NO/c1-7-11-13(5)12-14(17)15(6,8-2)16(9-3)10-4/h13H,7-12H2,1-6H3. The number of carbonyl (C=O) groups excluding carboxylic acids is 1. The fourth-order valence-electron chi connectivity index (χ4n) is 2.65. The van der Waals surface area contributed by atoms with Gasteiger partial charge in [0.15, 0.2) is 5.78 Å². The molecule has 0 saturated carbocycles. The van der Waals surface area contributed by atoms with Crippen LogP contribution in [0.3, 0.4) is 0 Å². The molecule has 0 aliphatic heterocycles. The second-order valence-electron chi connectivity index (χ2n) is 5.32. The molecule has 0 saturated heterocycles. The third kappa shape index (κ3) is 4.42. The Morgan fingerprint density at radius 2 is 1.71 bits per heavy atom. The highest BCUT2D eigenvalue weighted by molar-refractivity contribution is 5.88. The van der Waals surface area contributed by atoms with Crippen molar-refractivity contribution in [1.29, 1.82) is 0 Å². The quantitative estimate of drug-likeness (QED) is 0.610. The number of rotatable bonds is 9. The molecule has 2 heteroatoms. The summed E-state index contributed by atoms with van der Waals surface area (Å²) in [6.45, 7) is 14.8. The number of likely N-dealkylation sites (N-methyl/N-ethyl adjacent to an activating group) is 1. The third-order valence-corrected chi connectivity index (χ3v) is 4.07. The van der Waals surface area contributed by atoms with Gasteiger partial charge in [0.05, 0.1) is 5.54 Å². The summed E-state index contributed by atoms with van der Waals surface area (Å²) in [5, 5.41) is 0. The van der Waals surface area contributed by atoms with E-state index in [1.54, 1.807) is 0 Å². The molecule has 0 aromatic heterocycles. The Labute approximate surface area is 108 Å². The largest absolute Gasteiger partial charge is 0.298 e. The fraction of sp³-hybridized carbons (Fsp3) is 0.933. The molecule has 0 heterocycles. The Hall–Kier alpha value is -0.370. The van der Waals surface area contributed by atoms with Crippen molar-refractivity contribution in [2.24, 2.45) is 5.92 Å². The minimum Gasteiger partial charge on any atom is -0.298 e. The molecule has 0 aromatic carbocycles. The SMILES string of the molecule is CCCC(C)CC(=O)C(C)(CC)N(CC)CC. The molecule has 2 nitrogen and oxygen atoms in total. The predicted molar refractivity (Wildman–Crippen MR) is 75.3 cm³/mol. The molecule has 0 rings (SSSR count). The predicted octanol–water partition coefficient (Wildman–Crippen LogP) is 3.89. The summed E-state index contributed by atoms with van der Waals surface area (Å²) in [5.41, 5.74) is -0.258. The molecule has 0 radical (unpaired) electrons. The number of hydrogen-bond acceptors (Lipinski definition) is 2. The zero-order valence-corrected chi connectivity index (χ0v) is 12.7. The molecule has 0 N–H and O–H groups in total. The van der Waals surface area contributed by atoms with Gasteiger partial charge >= 0.3 is 0 Å². The highest BCUT2D eigenvalue weighted by atomic mass is 16.1. The topological polar surface area (TPSA) is 20.3 Å². The number of Topliss-reactive ketones (excluding diaryl/α,β-unsaturated/α-hetero) is 1. The highest BCUT2D eigenvalue weighted by Gasteiger charge is 2.35. The molecule has 0 bridgehead atoms. The van der Waals surface area contributed by atoms with Gasteiger partial charge in [0.1, 0.15) is 0 Å². The second kappa shape index (κ2) is 7.86. The van der Waals surface area contributed by atoms with Gasteiger partial charge in [-0.1, -0.05) is 47.5 Å². The molecule has 0 aliphatic rings. The maximum Gasteiger partial charge on any atom is 0.153 e. The molecular formula is C15H31NO. The summed E-state index contributed by atoms with van der Waals surface area (Å²) >= 11 is 0. The summed E-state index contributed by atoms with van der Waals surface area (Å²) < 4.78 is 0. The Bertz CT molecular complexity index is 223. The van der Waals surface area contributed by atoms with E-state index in [-0.39, 0.29) is 5.54 Å². The Morgan fingerprint density at radius 1 is 1.18 bits per heavy atom. The smallest absolute Gasteiger partial charge is 0.153 e. The van der Waals surface area contributed by atoms with E-state index in [0.717, 1.165) is 32.4 Å². The van der Waals surface area contributed by atoms with Crippen molar-refractivity contribution in [2.75, 3.05) is 13.1 Å². The molecule has 2 unspecified atom stereocenters. The van der Waals surface area contributed by atoms with Crippen LogP contribution in [0.1, 0.15) is 67.2 Å². The lowest BCUT2D eigenvalue weighted by atomic mass is 9.85. The van der Waals surface area contributed by atoms with Crippen molar-refractivity contribution in [2.45, 2.75) is 72.8 Å². The Kier molecular flexibility index (Phi) is 7.69. The number of ketones is 1. The first-order valence-corrected chi connectivity index (χ1v) is 7.24. The lowest BCUT2D eigenvalue weighted by Crippen LogP contribution is -2.52. The summed E-state index contributed by atoms with van der Waals surface area (Å²) in [6.07, 6.45) is 3.97. The maximum atomic E-state index is 12.5. The highest BCUT2D eigenvalue weighted by Crippen LogP contribution is 2.25. The van der Waals surface area contributed by atoms with Gasteiger partial charge < -0.3 is 0 Å². The third-order valence-electron chi connectivity index (χ3n) is 4.07. The molecule has 102 valence electrons. The minimum absolute atomic E-state index is 0.258. The van der Waals surface area contributed by atoms with E-state index in [9.17, 15) is 4.79 Å². The zero-order chi connectivity index (χ0) is 13.5. The van der Waals surface area contributed by atoms with Gasteiger partial charge in [-0.15, -0.1) is 0 Å². The van der Waals surface area contributed by atoms with Gasteiger partial charge in [-0.2, -0.15) is 0 Å². The zero-order valence-electron chi connectivity index (χ0n) is 12.7. The van der Waals surface area contributed by atoms with E-state index in [2.05, 4.69) is 46.4 Å². The van der Waals surface area contributed by atoms with Crippen LogP contribution >= 0.6 is 0 Å². The van der Waals surface area contributed by atoms with Crippen LogP contribution in [-0.2, 0) is 4.79 Å². The van der Waals surface area contributed by atoms with E-state index in [4.69, 9.17) is 0 Å². The minimum atomic E-state index is -0.258. The normalized spacial score (nSPS) is 16.9. The summed E-state index contributed by atoms with van der Waals surface area (Å²) in [4.78, 5) is 14.8. The first-order valence-electron chi connectivity index (χ1n) is 7.24. The van der Waals surface area contributed by atoms with Gasteiger partial charge in [-0.3, -0.25) is 9.69 Å². The van der Waals surface area contributed by atoms with Crippen molar-refractivity contribution >= 4 is 5.78 Å². The molecule has 0 fully saturated rings. The van der Waals surface area contributed by atoms with Crippen LogP contribution in [0.5, 0.6) is 0 Å². The average molecular weight is 241 g/mol. The van der Waals surface area contributed by atoms with Crippen LogP contribution in [0.2, 0.25) is 0 Å². The lowest BCUT2D eigenvalue weighted by Gasteiger charge is -2.39. The number of carbonyl (C=O) groups is 1. The van der Waals surface area contributed by atoms with Crippen LogP contribution in [0.25, 0.3) is 0 Å². The summed E-state index contributed by atoms with van der Waals surface area (Å²) in [7, 11) is 0. The molecule has 0 amide bonds. The second-order valence-corrected chi connectivity index (χ2v) is 5.32. The van der Waals surface area contributed by atoms with Crippen molar-refractivity contribution in [1.82, 2.24) is 4.90 Å². The van der Waals surface area contributed by atoms with Gasteiger partial charge in [0.2, 0.25) is 0 Å². The molecule has 0 aliphatic carbocycles. The Morgan fingerprint density at radius 3 is 2.06 bits per heavy atom. The van der Waals surface area contributed by atoms with Crippen molar-refractivity contribution in [3.05, 3.63) is 0 Å². The van der Waals surface area contributed by atoms with Crippen LogP contribution in [0.4, 0.5) is 0 Å². The average Bonchev–Trinajstić information content (AvgIpc) is 2.30. The molecule has 0 spiro atoms. The number of nitrogens with zero attached hydrogens (tertiary/aromatic N) is 1. The van der Waals surface area contributed by atoms with Gasteiger partial charge in [0.25, 0.3) is 0 Å². The number of hydrogen-bond donors (Lipinski definition) is 0. The van der Waals surface area contributed by atoms with Crippen LogP contribution in [0, 0.1) is 5.92 Å². The van der Waals surface area contributed by atoms with Crippen LogP contribution in [0.15, 0.2) is 0 Å².